The van der Waals surface area contributed by atoms with Crippen molar-refractivity contribution in [1.82, 2.24) is 10.6 Å². The van der Waals surface area contributed by atoms with Gasteiger partial charge in [0, 0.05) is 26.3 Å². The third-order valence-electron chi connectivity index (χ3n) is 3.14. The van der Waals surface area contributed by atoms with Gasteiger partial charge in [0.05, 0.1) is 12.1 Å². The van der Waals surface area contributed by atoms with E-state index in [-0.39, 0.29) is 18.0 Å². The highest BCUT2D eigenvalue weighted by atomic mass is 16.2. The first-order chi connectivity index (χ1) is 8.08. The lowest BCUT2D eigenvalue weighted by Crippen LogP contribution is -2.52. The molecule has 1 aromatic rings. The van der Waals surface area contributed by atoms with Gasteiger partial charge in [-0.15, -0.1) is 0 Å². The highest BCUT2D eigenvalue weighted by Crippen LogP contribution is 2.19. The lowest BCUT2D eigenvalue weighted by atomic mass is 10.0. The van der Waals surface area contributed by atoms with Crippen LogP contribution in [0.15, 0.2) is 24.3 Å². The van der Waals surface area contributed by atoms with Gasteiger partial charge in [0.2, 0.25) is 5.91 Å². The molecule has 1 aliphatic heterocycles. The molecule has 0 aliphatic carbocycles. The monoisotopic (exact) mass is 233 g/mol. The van der Waals surface area contributed by atoms with Crippen molar-refractivity contribution < 1.29 is 4.79 Å². The summed E-state index contributed by atoms with van der Waals surface area (Å²) in [7, 11) is 4.05. The minimum Gasteiger partial charge on any atom is -0.378 e. The lowest BCUT2D eigenvalue weighted by Gasteiger charge is -2.29. The summed E-state index contributed by atoms with van der Waals surface area (Å²) in [5.74, 6) is 0.0751. The zero-order valence-electron chi connectivity index (χ0n) is 10.5. The number of piperazine rings is 1. The number of nitrogens with zero attached hydrogens (tertiary/aromatic N) is 1. The van der Waals surface area contributed by atoms with Crippen molar-refractivity contribution in [2.45, 2.75) is 19.0 Å². The molecule has 1 saturated heterocycles. The van der Waals surface area contributed by atoms with Gasteiger partial charge in [-0.25, -0.2) is 0 Å². The molecule has 1 fully saturated rings. The number of carbonyl (C=O) groups excluding carboxylic acids is 1. The number of amides is 1. The van der Waals surface area contributed by atoms with E-state index < -0.39 is 0 Å². The van der Waals surface area contributed by atoms with Crippen LogP contribution in [0, 0.1) is 0 Å². The molecule has 1 amide bonds. The van der Waals surface area contributed by atoms with E-state index in [1.54, 1.807) is 0 Å². The number of hydrogen-bond acceptors (Lipinski definition) is 3. The van der Waals surface area contributed by atoms with Gasteiger partial charge in [-0.1, -0.05) is 12.1 Å². The SMILES string of the molecule is CC1NC(c2ccc(N(C)C)cc2)CNC1=O. The molecule has 92 valence electrons. The molecule has 2 atom stereocenters. The summed E-state index contributed by atoms with van der Waals surface area (Å²) in [5.41, 5.74) is 2.39. The number of anilines is 1. The molecule has 0 aromatic heterocycles. The third kappa shape index (κ3) is 2.58. The second kappa shape index (κ2) is 4.75. The third-order valence-corrected chi connectivity index (χ3v) is 3.14. The number of nitrogens with one attached hydrogen (secondary N) is 2. The normalized spacial score (nSPS) is 24.3. The summed E-state index contributed by atoms with van der Waals surface area (Å²) in [6, 6.07) is 8.49. The van der Waals surface area contributed by atoms with Crippen molar-refractivity contribution in [1.29, 1.82) is 0 Å². The van der Waals surface area contributed by atoms with Gasteiger partial charge in [0.15, 0.2) is 0 Å². The van der Waals surface area contributed by atoms with Crippen LogP contribution in [-0.4, -0.2) is 32.6 Å². The Balaban J connectivity index is 2.10. The maximum atomic E-state index is 11.3. The Hall–Kier alpha value is -1.55. The maximum absolute atomic E-state index is 11.3. The second-order valence-corrected chi connectivity index (χ2v) is 4.67. The molecule has 0 bridgehead atoms. The lowest BCUT2D eigenvalue weighted by molar-refractivity contribution is -0.124. The summed E-state index contributed by atoms with van der Waals surface area (Å²) >= 11 is 0. The molecule has 2 N–H and O–H groups in total. The van der Waals surface area contributed by atoms with Crippen LogP contribution in [0.4, 0.5) is 5.69 Å². The van der Waals surface area contributed by atoms with Gasteiger partial charge < -0.3 is 10.2 Å². The zero-order valence-corrected chi connectivity index (χ0v) is 10.5. The van der Waals surface area contributed by atoms with Crippen LogP contribution in [0.3, 0.4) is 0 Å². The number of hydrogen-bond donors (Lipinski definition) is 2. The molecule has 2 rings (SSSR count). The Bertz CT molecular complexity index is 400. The molecule has 4 nitrogen and oxygen atoms in total. The van der Waals surface area contributed by atoms with Gasteiger partial charge in [-0.05, 0) is 24.6 Å². The summed E-state index contributed by atoms with van der Waals surface area (Å²) in [5, 5.41) is 6.21. The molecule has 2 unspecified atom stereocenters. The van der Waals surface area contributed by atoms with Crippen LogP contribution in [0.2, 0.25) is 0 Å². The zero-order chi connectivity index (χ0) is 12.4. The average molecular weight is 233 g/mol. The number of rotatable bonds is 2. The summed E-state index contributed by atoms with van der Waals surface area (Å²) < 4.78 is 0. The van der Waals surface area contributed by atoms with Crippen LogP contribution in [0.25, 0.3) is 0 Å². The van der Waals surface area contributed by atoms with E-state index >= 15 is 0 Å². The van der Waals surface area contributed by atoms with E-state index in [2.05, 4.69) is 39.8 Å². The smallest absolute Gasteiger partial charge is 0.236 e. The van der Waals surface area contributed by atoms with Gasteiger partial charge in [-0.2, -0.15) is 0 Å². The molecule has 4 heteroatoms. The first-order valence-corrected chi connectivity index (χ1v) is 5.89. The van der Waals surface area contributed by atoms with E-state index in [9.17, 15) is 4.79 Å². The van der Waals surface area contributed by atoms with Gasteiger partial charge >= 0.3 is 0 Å². The van der Waals surface area contributed by atoms with Gasteiger partial charge in [-0.3, -0.25) is 10.1 Å². The number of carbonyl (C=O) groups is 1. The van der Waals surface area contributed by atoms with Crippen molar-refractivity contribution in [3.8, 4) is 0 Å². The van der Waals surface area contributed by atoms with Gasteiger partial charge in [0.1, 0.15) is 0 Å². The summed E-state index contributed by atoms with van der Waals surface area (Å²) in [6.45, 7) is 2.54. The Labute approximate surface area is 102 Å². The quantitative estimate of drug-likeness (QED) is 0.798. The minimum absolute atomic E-state index is 0.0751. The largest absolute Gasteiger partial charge is 0.378 e. The van der Waals surface area contributed by atoms with E-state index in [0.29, 0.717) is 6.54 Å². The van der Waals surface area contributed by atoms with Crippen LogP contribution >= 0.6 is 0 Å². The maximum Gasteiger partial charge on any atom is 0.236 e. The molecule has 0 saturated carbocycles. The number of benzene rings is 1. The van der Waals surface area contributed by atoms with Crippen molar-refractivity contribution in [2.75, 3.05) is 25.5 Å². The molecular weight excluding hydrogens is 214 g/mol. The Morgan fingerprint density at radius 2 is 1.88 bits per heavy atom. The van der Waals surface area contributed by atoms with E-state index in [0.717, 1.165) is 0 Å². The highest BCUT2D eigenvalue weighted by Gasteiger charge is 2.24. The topological polar surface area (TPSA) is 44.4 Å². The first-order valence-electron chi connectivity index (χ1n) is 5.89. The minimum atomic E-state index is -0.123. The molecular formula is C13H19N3O. The van der Waals surface area contributed by atoms with Crippen molar-refractivity contribution in [2.24, 2.45) is 0 Å². The second-order valence-electron chi connectivity index (χ2n) is 4.67. The molecule has 0 spiro atoms. The van der Waals surface area contributed by atoms with Crippen LogP contribution < -0.4 is 15.5 Å². The molecule has 1 heterocycles. The van der Waals surface area contributed by atoms with Crippen LogP contribution in [-0.2, 0) is 4.79 Å². The first kappa shape index (κ1) is 11.9. The fourth-order valence-corrected chi connectivity index (χ4v) is 2.01. The molecule has 17 heavy (non-hydrogen) atoms. The van der Waals surface area contributed by atoms with Crippen LogP contribution in [0.5, 0.6) is 0 Å². The fraction of sp³-hybridized carbons (Fsp3) is 0.462. The Morgan fingerprint density at radius 3 is 2.41 bits per heavy atom. The Kier molecular flexibility index (Phi) is 3.33. The molecule has 0 radical (unpaired) electrons. The summed E-state index contributed by atoms with van der Waals surface area (Å²) in [4.78, 5) is 13.4. The predicted molar refractivity (Wildman–Crippen MR) is 69.1 cm³/mol. The predicted octanol–water partition coefficient (Wildman–Crippen LogP) is 0.902. The average Bonchev–Trinajstić information content (AvgIpc) is 2.33. The van der Waals surface area contributed by atoms with Crippen LogP contribution in [0.1, 0.15) is 18.5 Å². The van der Waals surface area contributed by atoms with E-state index in [1.165, 1.54) is 11.3 Å². The van der Waals surface area contributed by atoms with Crippen molar-refractivity contribution in [3.63, 3.8) is 0 Å². The standard InChI is InChI=1S/C13H19N3O/c1-9-13(17)14-8-12(15-9)10-4-6-11(7-5-10)16(2)3/h4-7,9,12,15H,8H2,1-3H3,(H,14,17). The van der Waals surface area contributed by atoms with Gasteiger partial charge in [0.25, 0.3) is 0 Å². The van der Waals surface area contributed by atoms with Crippen molar-refractivity contribution >= 4 is 11.6 Å². The Morgan fingerprint density at radius 1 is 1.24 bits per heavy atom. The molecule has 1 aromatic carbocycles. The van der Waals surface area contributed by atoms with E-state index in [4.69, 9.17) is 0 Å². The summed E-state index contributed by atoms with van der Waals surface area (Å²) in [6.07, 6.45) is 0. The molecule has 1 aliphatic rings. The van der Waals surface area contributed by atoms with E-state index in [1.807, 2.05) is 21.0 Å². The van der Waals surface area contributed by atoms with Crippen molar-refractivity contribution in [3.05, 3.63) is 29.8 Å². The highest BCUT2D eigenvalue weighted by molar-refractivity contribution is 5.82. The fourth-order valence-electron chi connectivity index (χ4n) is 2.01.